The van der Waals surface area contributed by atoms with E-state index < -0.39 is 6.04 Å². The van der Waals surface area contributed by atoms with Gasteiger partial charge in [-0.3, -0.25) is 9.59 Å². The Morgan fingerprint density at radius 1 is 0.917 bits per heavy atom. The highest BCUT2D eigenvalue weighted by Gasteiger charge is 2.31. The minimum absolute atomic E-state index is 0.180. The summed E-state index contributed by atoms with van der Waals surface area (Å²) >= 11 is 12.4. The number of amides is 2. The van der Waals surface area contributed by atoms with Gasteiger partial charge in [-0.25, -0.2) is 0 Å². The van der Waals surface area contributed by atoms with Crippen LogP contribution in [0.25, 0.3) is 0 Å². The molecule has 2 amide bonds. The van der Waals surface area contributed by atoms with Crippen LogP contribution >= 0.6 is 23.2 Å². The Kier molecular flexibility index (Phi) is 10.2. The molecule has 3 rings (SSSR count). The molecule has 0 aliphatic carbocycles. The zero-order valence-corrected chi connectivity index (χ0v) is 22.4. The zero-order valence-electron chi connectivity index (χ0n) is 20.8. The molecular weight excluding hydrogens is 495 g/mol. The molecule has 0 unspecified atom stereocenters. The van der Waals surface area contributed by atoms with Crippen molar-refractivity contribution in [2.24, 2.45) is 5.92 Å². The van der Waals surface area contributed by atoms with E-state index in [1.54, 1.807) is 23.1 Å². The van der Waals surface area contributed by atoms with Crippen molar-refractivity contribution in [1.82, 2.24) is 10.2 Å². The van der Waals surface area contributed by atoms with Gasteiger partial charge in [0.15, 0.2) is 6.61 Å². The maximum Gasteiger partial charge on any atom is 0.261 e. The third-order valence-corrected chi connectivity index (χ3v) is 6.38. The van der Waals surface area contributed by atoms with Gasteiger partial charge in [0.2, 0.25) is 5.91 Å². The van der Waals surface area contributed by atoms with E-state index in [1.165, 1.54) is 0 Å². The minimum Gasteiger partial charge on any atom is -0.484 e. The number of carbonyl (C=O) groups excluding carboxylic acids is 2. The first kappa shape index (κ1) is 27.6. The molecule has 36 heavy (non-hydrogen) atoms. The predicted molar refractivity (Wildman–Crippen MR) is 145 cm³/mol. The number of carbonyl (C=O) groups is 2. The fraction of sp³-hybridized carbons (Fsp3) is 0.310. The van der Waals surface area contributed by atoms with Crippen molar-refractivity contribution in [3.05, 3.63) is 99.5 Å². The fourth-order valence-corrected chi connectivity index (χ4v) is 4.06. The van der Waals surface area contributed by atoms with Crippen LogP contribution in [0.3, 0.4) is 0 Å². The number of hydrogen-bond donors (Lipinski definition) is 1. The summed E-state index contributed by atoms with van der Waals surface area (Å²) in [6.07, 6.45) is 0.363. The van der Waals surface area contributed by atoms with Gasteiger partial charge in [-0.1, -0.05) is 85.6 Å². The molecule has 0 spiro atoms. The normalized spacial score (nSPS) is 11.7. The summed E-state index contributed by atoms with van der Waals surface area (Å²) < 4.78 is 5.82. The van der Waals surface area contributed by atoms with Crippen molar-refractivity contribution < 1.29 is 14.3 Å². The van der Waals surface area contributed by atoms with Crippen LogP contribution < -0.4 is 10.1 Å². The smallest absolute Gasteiger partial charge is 0.261 e. The van der Waals surface area contributed by atoms with Gasteiger partial charge in [-0.2, -0.15) is 0 Å². The second-order valence-electron chi connectivity index (χ2n) is 9.22. The molecule has 5 nitrogen and oxygen atoms in total. The van der Waals surface area contributed by atoms with E-state index in [9.17, 15) is 9.59 Å². The van der Waals surface area contributed by atoms with Crippen LogP contribution in [0.15, 0.2) is 72.8 Å². The van der Waals surface area contributed by atoms with Crippen LogP contribution in [0.4, 0.5) is 0 Å². The molecule has 7 heteroatoms. The lowest BCUT2D eigenvalue weighted by molar-refractivity contribution is -0.142. The molecule has 0 heterocycles. The highest BCUT2D eigenvalue weighted by molar-refractivity contribution is 6.42. The molecule has 0 aliphatic rings. The average Bonchev–Trinajstić information content (AvgIpc) is 2.86. The summed E-state index contributed by atoms with van der Waals surface area (Å²) in [5.41, 5.74) is 2.75. The minimum atomic E-state index is -0.741. The highest BCUT2D eigenvalue weighted by Crippen LogP contribution is 2.24. The van der Waals surface area contributed by atoms with Gasteiger partial charge in [0, 0.05) is 19.5 Å². The summed E-state index contributed by atoms with van der Waals surface area (Å²) in [6, 6.07) is 21.7. The van der Waals surface area contributed by atoms with E-state index in [-0.39, 0.29) is 30.9 Å². The van der Waals surface area contributed by atoms with E-state index in [0.29, 0.717) is 28.8 Å². The summed E-state index contributed by atoms with van der Waals surface area (Å²) in [7, 11) is 0. The van der Waals surface area contributed by atoms with Crippen molar-refractivity contribution in [3.8, 4) is 5.75 Å². The Balaban J connectivity index is 1.92. The molecule has 0 fully saturated rings. The average molecular weight is 527 g/mol. The van der Waals surface area contributed by atoms with Crippen molar-refractivity contribution in [3.63, 3.8) is 0 Å². The van der Waals surface area contributed by atoms with Crippen LogP contribution in [0.1, 0.15) is 30.5 Å². The van der Waals surface area contributed by atoms with Gasteiger partial charge in [0.1, 0.15) is 11.8 Å². The Morgan fingerprint density at radius 3 is 2.33 bits per heavy atom. The molecule has 0 aliphatic heterocycles. The number of benzene rings is 3. The largest absolute Gasteiger partial charge is 0.484 e. The highest BCUT2D eigenvalue weighted by atomic mass is 35.5. The number of aryl methyl sites for hydroxylation is 1. The number of hydrogen-bond acceptors (Lipinski definition) is 3. The number of ether oxygens (including phenoxy) is 1. The lowest BCUT2D eigenvalue weighted by atomic mass is 10.0. The van der Waals surface area contributed by atoms with Gasteiger partial charge in [-0.05, 0) is 53.8 Å². The quantitative estimate of drug-likeness (QED) is 0.328. The topological polar surface area (TPSA) is 58.6 Å². The fourth-order valence-electron chi connectivity index (χ4n) is 3.74. The molecule has 0 saturated carbocycles. The van der Waals surface area contributed by atoms with E-state index in [4.69, 9.17) is 27.9 Å². The van der Waals surface area contributed by atoms with Crippen molar-refractivity contribution in [1.29, 1.82) is 0 Å². The standard InChI is InChI=1S/C29H32Cl2N2O3/c1-20(2)17-32-29(35)27(16-22-9-5-4-6-10-22)33(18-23-12-13-25(30)26(31)15-23)28(34)19-36-24-11-7-8-21(3)14-24/h4-15,20,27H,16-19H2,1-3H3,(H,32,35)/t27-/m0/s1. The molecule has 1 atom stereocenters. The third-order valence-electron chi connectivity index (χ3n) is 5.64. The lowest BCUT2D eigenvalue weighted by Gasteiger charge is -2.31. The van der Waals surface area contributed by atoms with Crippen molar-refractivity contribution in [2.75, 3.05) is 13.2 Å². The number of rotatable bonds is 11. The maximum atomic E-state index is 13.6. The van der Waals surface area contributed by atoms with Crippen LogP contribution in [0.2, 0.25) is 10.0 Å². The number of nitrogens with zero attached hydrogens (tertiary/aromatic N) is 1. The van der Waals surface area contributed by atoms with E-state index in [2.05, 4.69) is 5.32 Å². The molecule has 3 aromatic rings. The summed E-state index contributed by atoms with van der Waals surface area (Å²) in [6.45, 7) is 6.51. The lowest BCUT2D eigenvalue weighted by Crippen LogP contribution is -2.52. The van der Waals surface area contributed by atoms with E-state index in [0.717, 1.165) is 16.7 Å². The van der Waals surface area contributed by atoms with Crippen LogP contribution in [-0.4, -0.2) is 35.9 Å². The molecule has 1 N–H and O–H groups in total. The van der Waals surface area contributed by atoms with Crippen molar-refractivity contribution in [2.45, 2.75) is 39.8 Å². The van der Waals surface area contributed by atoms with Crippen LogP contribution in [0.5, 0.6) is 5.75 Å². The Hall–Kier alpha value is -3.02. The second-order valence-corrected chi connectivity index (χ2v) is 10.0. The Morgan fingerprint density at radius 2 is 1.67 bits per heavy atom. The Bertz CT molecular complexity index is 1170. The molecular formula is C29H32Cl2N2O3. The molecule has 3 aromatic carbocycles. The molecule has 190 valence electrons. The van der Waals surface area contributed by atoms with Crippen molar-refractivity contribution >= 4 is 35.0 Å². The number of nitrogens with one attached hydrogen (secondary N) is 1. The summed E-state index contributed by atoms with van der Waals surface area (Å²) in [4.78, 5) is 28.6. The summed E-state index contributed by atoms with van der Waals surface area (Å²) in [5.74, 6) is 0.358. The summed E-state index contributed by atoms with van der Waals surface area (Å²) in [5, 5.41) is 3.82. The second kappa shape index (κ2) is 13.3. The third kappa shape index (κ3) is 8.28. The molecule has 0 radical (unpaired) electrons. The van der Waals surface area contributed by atoms with Gasteiger partial charge < -0.3 is 15.0 Å². The first-order valence-corrected chi connectivity index (χ1v) is 12.7. The molecule has 0 aromatic heterocycles. The first-order valence-electron chi connectivity index (χ1n) is 12.0. The van der Waals surface area contributed by atoms with E-state index >= 15 is 0 Å². The Labute approximate surface area is 223 Å². The van der Waals surface area contributed by atoms with Crippen LogP contribution in [0, 0.1) is 12.8 Å². The predicted octanol–water partition coefficient (Wildman–Crippen LogP) is 6.09. The number of halogens is 2. The first-order chi connectivity index (χ1) is 17.2. The molecule has 0 saturated heterocycles. The SMILES string of the molecule is Cc1cccc(OCC(=O)N(Cc2ccc(Cl)c(Cl)c2)[C@@H](Cc2ccccc2)C(=O)NCC(C)C)c1. The van der Waals surface area contributed by atoms with Crippen LogP contribution in [-0.2, 0) is 22.6 Å². The molecule has 0 bridgehead atoms. The van der Waals surface area contributed by atoms with Gasteiger partial charge >= 0.3 is 0 Å². The zero-order chi connectivity index (χ0) is 26.1. The van der Waals surface area contributed by atoms with Gasteiger partial charge in [-0.15, -0.1) is 0 Å². The maximum absolute atomic E-state index is 13.6. The van der Waals surface area contributed by atoms with Gasteiger partial charge in [0.25, 0.3) is 5.91 Å². The van der Waals surface area contributed by atoms with E-state index in [1.807, 2.05) is 75.4 Å². The monoisotopic (exact) mass is 526 g/mol. The van der Waals surface area contributed by atoms with Gasteiger partial charge in [0.05, 0.1) is 10.0 Å².